The first-order valence-corrected chi connectivity index (χ1v) is 10.6. The molecule has 1 amide bonds. The Kier molecular flexibility index (Phi) is 6.48. The van der Waals surface area contributed by atoms with Crippen LogP contribution in [0.2, 0.25) is 0 Å². The molecule has 30 heavy (non-hydrogen) atoms. The van der Waals surface area contributed by atoms with Gasteiger partial charge in [0.15, 0.2) is 11.5 Å². The van der Waals surface area contributed by atoms with E-state index in [1.807, 2.05) is 39.0 Å². The highest BCUT2D eigenvalue weighted by molar-refractivity contribution is 5.85. The number of ether oxygens (including phenoxy) is 4. The molecule has 1 aromatic rings. The van der Waals surface area contributed by atoms with Crippen molar-refractivity contribution in [1.29, 1.82) is 0 Å². The van der Waals surface area contributed by atoms with Crippen LogP contribution < -0.4 is 9.47 Å². The van der Waals surface area contributed by atoms with Crippen molar-refractivity contribution in [2.45, 2.75) is 70.0 Å². The Labute approximate surface area is 178 Å². The lowest BCUT2D eigenvalue weighted by molar-refractivity contribution is -0.147. The summed E-state index contributed by atoms with van der Waals surface area (Å²) in [6, 6.07) is 5.54. The molecule has 3 rings (SSSR count). The molecule has 0 spiro atoms. The van der Waals surface area contributed by atoms with Gasteiger partial charge in [0.05, 0.1) is 20.3 Å². The zero-order valence-electron chi connectivity index (χ0n) is 18.7. The Morgan fingerprint density at radius 1 is 1.10 bits per heavy atom. The van der Waals surface area contributed by atoms with Crippen LogP contribution >= 0.6 is 0 Å². The second-order valence-corrected chi connectivity index (χ2v) is 9.12. The van der Waals surface area contributed by atoms with E-state index in [-0.39, 0.29) is 18.6 Å². The molecule has 2 fully saturated rings. The number of carbonyl (C=O) groups excluding carboxylic acids is 2. The lowest BCUT2D eigenvalue weighted by Crippen LogP contribution is -2.42. The Morgan fingerprint density at radius 2 is 1.80 bits per heavy atom. The highest BCUT2D eigenvalue weighted by Gasteiger charge is 2.49. The minimum Gasteiger partial charge on any atom is -0.493 e. The van der Waals surface area contributed by atoms with E-state index in [0.29, 0.717) is 24.5 Å². The topological polar surface area (TPSA) is 74.3 Å². The average molecular weight is 420 g/mol. The SMILES string of the molecule is COC(=O)C1(c2ccc(OC)c(OC3CCCC3)c2)CCN(C(=O)OC(C)(C)C)C1. The number of benzene rings is 1. The molecule has 0 N–H and O–H groups in total. The number of rotatable bonds is 5. The van der Waals surface area contributed by atoms with Crippen molar-refractivity contribution >= 4 is 12.1 Å². The van der Waals surface area contributed by atoms with Crippen LogP contribution in [-0.4, -0.2) is 56.0 Å². The van der Waals surface area contributed by atoms with E-state index in [2.05, 4.69) is 0 Å². The van der Waals surface area contributed by atoms with Crippen LogP contribution in [0.5, 0.6) is 11.5 Å². The molecule has 2 aliphatic rings. The highest BCUT2D eigenvalue weighted by atomic mass is 16.6. The average Bonchev–Trinajstić information content (AvgIpc) is 3.36. The molecule has 166 valence electrons. The molecule has 1 saturated carbocycles. The molecule has 0 radical (unpaired) electrons. The van der Waals surface area contributed by atoms with Crippen molar-refractivity contribution in [2.24, 2.45) is 0 Å². The number of likely N-dealkylation sites (tertiary alicyclic amines) is 1. The van der Waals surface area contributed by atoms with Crippen LogP contribution in [-0.2, 0) is 19.7 Å². The van der Waals surface area contributed by atoms with E-state index in [0.717, 1.165) is 31.2 Å². The Morgan fingerprint density at radius 3 is 2.40 bits per heavy atom. The first kappa shape index (κ1) is 22.2. The van der Waals surface area contributed by atoms with Gasteiger partial charge in [-0.2, -0.15) is 0 Å². The minimum absolute atomic E-state index is 0.157. The Bertz CT molecular complexity index is 780. The number of hydrogen-bond acceptors (Lipinski definition) is 6. The second kappa shape index (κ2) is 8.74. The third kappa shape index (κ3) is 4.65. The molecule has 1 heterocycles. The molecular formula is C23H33NO6. The van der Waals surface area contributed by atoms with Crippen LogP contribution in [0.15, 0.2) is 18.2 Å². The van der Waals surface area contributed by atoms with Crippen molar-refractivity contribution in [3.63, 3.8) is 0 Å². The lowest BCUT2D eigenvalue weighted by Gasteiger charge is -2.29. The molecule has 1 unspecified atom stereocenters. The maximum atomic E-state index is 12.9. The molecule has 1 aromatic carbocycles. The zero-order chi connectivity index (χ0) is 21.9. The number of hydrogen-bond donors (Lipinski definition) is 0. The first-order valence-electron chi connectivity index (χ1n) is 10.6. The van der Waals surface area contributed by atoms with E-state index >= 15 is 0 Å². The fraction of sp³-hybridized carbons (Fsp3) is 0.652. The molecular weight excluding hydrogens is 386 g/mol. The van der Waals surface area contributed by atoms with Crippen molar-refractivity contribution < 1.29 is 28.5 Å². The smallest absolute Gasteiger partial charge is 0.410 e. The second-order valence-electron chi connectivity index (χ2n) is 9.12. The number of carbonyl (C=O) groups is 2. The van der Waals surface area contributed by atoms with Gasteiger partial charge in [0.2, 0.25) is 0 Å². The predicted molar refractivity (Wildman–Crippen MR) is 112 cm³/mol. The molecule has 0 bridgehead atoms. The van der Waals surface area contributed by atoms with Crippen LogP contribution in [0.4, 0.5) is 4.79 Å². The van der Waals surface area contributed by atoms with Gasteiger partial charge in [0, 0.05) is 13.1 Å². The summed E-state index contributed by atoms with van der Waals surface area (Å²) in [5.74, 6) is 0.888. The van der Waals surface area contributed by atoms with Gasteiger partial charge in [0.1, 0.15) is 11.0 Å². The summed E-state index contributed by atoms with van der Waals surface area (Å²) in [6.45, 7) is 6.08. The number of methoxy groups -OCH3 is 2. The minimum atomic E-state index is -0.967. The summed E-state index contributed by atoms with van der Waals surface area (Å²) in [6.07, 6.45) is 4.53. The van der Waals surface area contributed by atoms with Crippen LogP contribution in [0.25, 0.3) is 0 Å². The summed E-state index contributed by atoms with van der Waals surface area (Å²) in [7, 11) is 2.98. The number of amides is 1. The van der Waals surface area contributed by atoms with Gasteiger partial charge >= 0.3 is 12.1 Å². The largest absolute Gasteiger partial charge is 0.493 e. The number of esters is 1. The summed E-state index contributed by atoms with van der Waals surface area (Å²) < 4.78 is 22.4. The fourth-order valence-electron chi connectivity index (χ4n) is 4.26. The van der Waals surface area contributed by atoms with Gasteiger partial charge in [0.25, 0.3) is 0 Å². The van der Waals surface area contributed by atoms with Crippen molar-refractivity contribution in [3.05, 3.63) is 23.8 Å². The van der Waals surface area contributed by atoms with E-state index < -0.39 is 17.1 Å². The zero-order valence-corrected chi connectivity index (χ0v) is 18.7. The van der Waals surface area contributed by atoms with Crippen LogP contribution in [0.3, 0.4) is 0 Å². The summed E-state index contributed by atoms with van der Waals surface area (Å²) in [4.78, 5) is 27.1. The standard InChI is InChI=1S/C23H33NO6/c1-22(2,3)30-21(26)24-13-12-23(15-24,20(25)28-5)16-10-11-18(27-4)19(14-16)29-17-8-6-7-9-17/h10-11,14,17H,6-9,12-13,15H2,1-5H3. The van der Waals surface area contributed by atoms with Gasteiger partial charge in [-0.15, -0.1) is 0 Å². The van der Waals surface area contributed by atoms with Gasteiger partial charge in [-0.05, 0) is 70.6 Å². The van der Waals surface area contributed by atoms with Crippen LogP contribution in [0, 0.1) is 0 Å². The summed E-state index contributed by atoms with van der Waals surface area (Å²) in [5.41, 5.74) is -0.809. The highest BCUT2D eigenvalue weighted by Crippen LogP contribution is 2.41. The maximum Gasteiger partial charge on any atom is 0.410 e. The van der Waals surface area contributed by atoms with E-state index in [1.54, 1.807) is 12.0 Å². The summed E-state index contributed by atoms with van der Waals surface area (Å²) >= 11 is 0. The number of nitrogens with zero attached hydrogens (tertiary/aromatic N) is 1. The quantitative estimate of drug-likeness (QED) is 0.670. The van der Waals surface area contributed by atoms with E-state index in [4.69, 9.17) is 18.9 Å². The lowest BCUT2D eigenvalue weighted by atomic mass is 9.79. The van der Waals surface area contributed by atoms with Crippen molar-refractivity contribution in [2.75, 3.05) is 27.3 Å². The summed E-state index contributed by atoms with van der Waals surface area (Å²) in [5, 5.41) is 0. The Balaban J connectivity index is 1.90. The third-order valence-electron chi connectivity index (χ3n) is 5.81. The van der Waals surface area contributed by atoms with Gasteiger partial charge in [-0.25, -0.2) is 4.79 Å². The first-order chi connectivity index (χ1) is 14.2. The van der Waals surface area contributed by atoms with Crippen molar-refractivity contribution in [1.82, 2.24) is 4.90 Å². The normalized spacial score (nSPS) is 22.1. The molecule has 1 atom stereocenters. The van der Waals surface area contributed by atoms with Gasteiger partial charge in [-0.1, -0.05) is 6.07 Å². The van der Waals surface area contributed by atoms with Crippen LogP contribution in [0.1, 0.15) is 58.4 Å². The molecule has 1 saturated heterocycles. The van der Waals surface area contributed by atoms with Gasteiger partial charge < -0.3 is 23.8 Å². The molecule has 7 nitrogen and oxygen atoms in total. The maximum absolute atomic E-state index is 12.9. The molecule has 7 heteroatoms. The molecule has 0 aromatic heterocycles. The predicted octanol–water partition coefficient (Wildman–Crippen LogP) is 4.07. The van der Waals surface area contributed by atoms with E-state index in [1.165, 1.54) is 7.11 Å². The monoisotopic (exact) mass is 419 g/mol. The molecule has 1 aliphatic carbocycles. The Hall–Kier alpha value is -2.44. The van der Waals surface area contributed by atoms with Crippen molar-refractivity contribution in [3.8, 4) is 11.5 Å². The fourth-order valence-corrected chi connectivity index (χ4v) is 4.26. The van der Waals surface area contributed by atoms with E-state index in [9.17, 15) is 9.59 Å². The molecule has 1 aliphatic heterocycles. The van der Waals surface area contributed by atoms with Gasteiger partial charge in [-0.3, -0.25) is 4.79 Å². The third-order valence-corrected chi connectivity index (χ3v) is 5.81.